The first-order chi connectivity index (χ1) is 9.25. The van der Waals surface area contributed by atoms with Gasteiger partial charge in [0.05, 0.1) is 11.2 Å². The molecule has 1 aliphatic heterocycles. The Hall–Kier alpha value is -2.30. The molecule has 0 spiro atoms. The van der Waals surface area contributed by atoms with Gasteiger partial charge in [0.2, 0.25) is 5.91 Å². The molecule has 2 aromatic rings. The molecule has 0 aliphatic carbocycles. The Morgan fingerprint density at radius 3 is 3.05 bits per heavy atom. The van der Waals surface area contributed by atoms with Gasteiger partial charge in [-0.3, -0.25) is 9.78 Å². The summed E-state index contributed by atoms with van der Waals surface area (Å²) in [5, 5.41) is 3.92. The highest BCUT2D eigenvalue weighted by molar-refractivity contribution is 5.98. The number of benzene rings is 1. The van der Waals surface area contributed by atoms with E-state index in [4.69, 9.17) is 5.73 Å². The van der Waals surface area contributed by atoms with E-state index in [1.165, 1.54) is 0 Å². The number of fused-ring (bicyclic) bond motifs is 1. The molecule has 1 aromatic carbocycles. The van der Waals surface area contributed by atoms with E-state index in [-0.39, 0.29) is 5.91 Å². The fourth-order valence-corrected chi connectivity index (χ4v) is 2.47. The van der Waals surface area contributed by atoms with Gasteiger partial charge in [0, 0.05) is 43.3 Å². The van der Waals surface area contributed by atoms with Crippen molar-refractivity contribution in [2.75, 3.05) is 30.3 Å². The molecule has 5 heteroatoms. The van der Waals surface area contributed by atoms with Crippen LogP contribution in [-0.4, -0.2) is 30.5 Å². The number of nitrogen functional groups attached to an aromatic ring is 1. The second kappa shape index (κ2) is 4.76. The zero-order valence-electron chi connectivity index (χ0n) is 10.6. The summed E-state index contributed by atoms with van der Waals surface area (Å²) in [5.74, 6) is 0.111. The Morgan fingerprint density at radius 2 is 2.16 bits per heavy atom. The topological polar surface area (TPSA) is 71.2 Å². The highest BCUT2D eigenvalue weighted by Crippen LogP contribution is 2.28. The monoisotopic (exact) mass is 256 g/mol. The summed E-state index contributed by atoms with van der Waals surface area (Å²) in [4.78, 5) is 18.0. The average molecular weight is 256 g/mol. The molecule has 1 saturated heterocycles. The summed E-state index contributed by atoms with van der Waals surface area (Å²) in [6.07, 6.45) is 2.29. The number of pyridine rings is 1. The third-order valence-electron chi connectivity index (χ3n) is 3.43. The predicted octanol–water partition coefficient (Wildman–Crippen LogP) is 1.14. The number of para-hydroxylation sites is 1. The Morgan fingerprint density at radius 1 is 1.26 bits per heavy atom. The van der Waals surface area contributed by atoms with Crippen molar-refractivity contribution in [3.8, 4) is 0 Å². The van der Waals surface area contributed by atoms with Gasteiger partial charge in [-0.25, -0.2) is 0 Å². The van der Waals surface area contributed by atoms with Gasteiger partial charge in [-0.2, -0.15) is 0 Å². The van der Waals surface area contributed by atoms with Crippen molar-refractivity contribution in [1.29, 1.82) is 0 Å². The summed E-state index contributed by atoms with van der Waals surface area (Å²) < 4.78 is 0. The van der Waals surface area contributed by atoms with Crippen LogP contribution in [0.3, 0.4) is 0 Å². The summed E-state index contributed by atoms with van der Waals surface area (Å²) in [7, 11) is 0. The molecule has 0 unspecified atom stereocenters. The van der Waals surface area contributed by atoms with Gasteiger partial charge >= 0.3 is 0 Å². The fraction of sp³-hybridized carbons (Fsp3) is 0.286. The van der Waals surface area contributed by atoms with E-state index in [0.717, 1.165) is 29.7 Å². The first-order valence-corrected chi connectivity index (χ1v) is 6.40. The number of amides is 1. The number of hydrogen-bond donors (Lipinski definition) is 2. The van der Waals surface area contributed by atoms with Crippen LogP contribution in [0.5, 0.6) is 0 Å². The molecule has 19 heavy (non-hydrogen) atoms. The van der Waals surface area contributed by atoms with Gasteiger partial charge in [-0.1, -0.05) is 12.1 Å². The van der Waals surface area contributed by atoms with Gasteiger partial charge in [0.25, 0.3) is 0 Å². The molecule has 0 bridgehead atoms. The minimum absolute atomic E-state index is 0.111. The van der Waals surface area contributed by atoms with Crippen LogP contribution < -0.4 is 16.0 Å². The normalized spacial score (nSPS) is 16.2. The van der Waals surface area contributed by atoms with Crippen molar-refractivity contribution in [1.82, 2.24) is 10.3 Å². The Kier molecular flexibility index (Phi) is 2.95. The lowest BCUT2D eigenvalue weighted by Crippen LogP contribution is -2.28. The molecule has 1 aromatic heterocycles. The summed E-state index contributed by atoms with van der Waals surface area (Å²) >= 11 is 0. The number of carbonyl (C=O) groups is 1. The molecule has 1 fully saturated rings. The van der Waals surface area contributed by atoms with E-state index in [2.05, 4.69) is 15.2 Å². The van der Waals surface area contributed by atoms with Crippen LogP contribution in [0.4, 0.5) is 11.4 Å². The van der Waals surface area contributed by atoms with E-state index in [0.29, 0.717) is 18.7 Å². The van der Waals surface area contributed by atoms with E-state index >= 15 is 0 Å². The number of carbonyl (C=O) groups excluding carboxylic acids is 1. The second-order valence-corrected chi connectivity index (χ2v) is 4.66. The molecule has 3 N–H and O–H groups in total. The van der Waals surface area contributed by atoms with Crippen molar-refractivity contribution < 1.29 is 4.79 Å². The van der Waals surface area contributed by atoms with E-state index < -0.39 is 0 Å². The zero-order valence-corrected chi connectivity index (χ0v) is 10.6. The maximum absolute atomic E-state index is 11.4. The van der Waals surface area contributed by atoms with Gasteiger partial charge < -0.3 is 16.0 Å². The summed E-state index contributed by atoms with van der Waals surface area (Å²) in [6.45, 7) is 2.20. The quantitative estimate of drug-likeness (QED) is 0.751. The van der Waals surface area contributed by atoms with E-state index in [1.54, 1.807) is 6.20 Å². The largest absolute Gasteiger partial charge is 0.397 e. The number of nitrogens with zero attached hydrogens (tertiary/aromatic N) is 2. The van der Waals surface area contributed by atoms with Crippen molar-refractivity contribution in [3.63, 3.8) is 0 Å². The van der Waals surface area contributed by atoms with Crippen LogP contribution >= 0.6 is 0 Å². The average Bonchev–Trinajstić information content (AvgIpc) is 2.64. The SMILES string of the molecule is Nc1cccc2c(N3CCNC(=O)CC3)ccnc12. The zero-order chi connectivity index (χ0) is 13.2. The van der Waals surface area contributed by atoms with Crippen LogP contribution in [0, 0.1) is 0 Å². The molecule has 1 amide bonds. The standard InChI is InChI=1S/C14H16N4O/c15-11-3-1-2-10-12(4-6-17-14(10)11)18-8-5-13(19)16-7-9-18/h1-4,6H,5,7-9,15H2,(H,16,19). The number of nitrogens with two attached hydrogens (primary N) is 1. The fourth-order valence-electron chi connectivity index (χ4n) is 2.47. The van der Waals surface area contributed by atoms with Crippen molar-refractivity contribution in [3.05, 3.63) is 30.5 Å². The van der Waals surface area contributed by atoms with Crippen molar-refractivity contribution in [2.45, 2.75) is 6.42 Å². The molecule has 98 valence electrons. The van der Waals surface area contributed by atoms with Crippen LogP contribution in [-0.2, 0) is 4.79 Å². The summed E-state index contributed by atoms with van der Waals surface area (Å²) in [5.41, 5.74) is 8.56. The Balaban J connectivity index is 2.05. The molecule has 0 atom stereocenters. The van der Waals surface area contributed by atoms with Crippen LogP contribution in [0.15, 0.2) is 30.5 Å². The van der Waals surface area contributed by atoms with Gasteiger partial charge in [-0.15, -0.1) is 0 Å². The lowest BCUT2D eigenvalue weighted by Gasteiger charge is -2.23. The smallest absolute Gasteiger partial charge is 0.221 e. The third kappa shape index (κ3) is 2.19. The molecular formula is C14H16N4O. The number of anilines is 2. The molecule has 0 radical (unpaired) electrons. The van der Waals surface area contributed by atoms with Gasteiger partial charge in [0.15, 0.2) is 0 Å². The summed E-state index contributed by atoms with van der Waals surface area (Å²) in [6, 6.07) is 7.79. The van der Waals surface area contributed by atoms with Crippen LogP contribution in [0.1, 0.15) is 6.42 Å². The third-order valence-corrected chi connectivity index (χ3v) is 3.43. The van der Waals surface area contributed by atoms with Gasteiger partial charge in [-0.05, 0) is 12.1 Å². The number of rotatable bonds is 1. The molecule has 5 nitrogen and oxygen atoms in total. The minimum atomic E-state index is 0.111. The predicted molar refractivity (Wildman–Crippen MR) is 76.0 cm³/mol. The molecule has 0 saturated carbocycles. The van der Waals surface area contributed by atoms with Crippen LogP contribution in [0.25, 0.3) is 10.9 Å². The van der Waals surface area contributed by atoms with E-state index in [9.17, 15) is 4.79 Å². The first-order valence-electron chi connectivity index (χ1n) is 6.40. The van der Waals surface area contributed by atoms with Gasteiger partial charge in [0.1, 0.15) is 0 Å². The minimum Gasteiger partial charge on any atom is -0.397 e. The molecule has 2 heterocycles. The first kappa shape index (κ1) is 11.8. The maximum atomic E-state index is 11.4. The molecule has 3 rings (SSSR count). The molecule has 1 aliphatic rings. The highest BCUT2D eigenvalue weighted by atomic mass is 16.1. The second-order valence-electron chi connectivity index (χ2n) is 4.66. The van der Waals surface area contributed by atoms with Crippen LogP contribution in [0.2, 0.25) is 0 Å². The lowest BCUT2D eigenvalue weighted by molar-refractivity contribution is -0.120. The molecular weight excluding hydrogens is 240 g/mol. The number of hydrogen-bond acceptors (Lipinski definition) is 4. The Bertz CT molecular complexity index is 626. The Labute approximate surface area is 111 Å². The van der Waals surface area contributed by atoms with E-state index in [1.807, 2.05) is 24.3 Å². The number of aromatic nitrogens is 1. The highest BCUT2D eigenvalue weighted by Gasteiger charge is 2.16. The number of nitrogens with one attached hydrogen (secondary N) is 1. The lowest BCUT2D eigenvalue weighted by atomic mass is 10.1. The maximum Gasteiger partial charge on any atom is 0.221 e. The van der Waals surface area contributed by atoms with Crippen molar-refractivity contribution >= 4 is 28.2 Å². The van der Waals surface area contributed by atoms with Crippen molar-refractivity contribution in [2.24, 2.45) is 0 Å².